The predicted molar refractivity (Wildman–Crippen MR) is 97.8 cm³/mol. The van der Waals surface area contributed by atoms with Crippen LogP contribution in [0.4, 0.5) is 4.79 Å². The van der Waals surface area contributed by atoms with E-state index in [0.29, 0.717) is 24.6 Å². The number of methoxy groups -OCH3 is 2. The number of hydrogen-bond acceptors (Lipinski definition) is 6. The Morgan fingerprint density at radius 2 is 1.67 bits per heavy atom. The van der Waals surface area contributed by atoms with E-state index in [1.807, 2.05) is 13.0 Å². The highest BCUT2D eigenvalue weighted by molar-refractivity contribution is 5.92. The van der Waals surface area contributed by atoms with Crippen molar-refractivity contribution >= 4 is 17.9 Å². The van der Waals surface area contributed by atoms with Crippen LogP contribution in [0.25, 0.3) is 0 Å². The van der Waals surface area contributed by atoms with Gasteiger partial charge in [-0.2, -0.15) is 0 Å². The second-order valence-electron chi connectivity index (χ2n) is 5.69. The first kappa shape index (κ1) is 22.2. The molecule has 3 amide bonds. The van der Waals surface area contributed by atoms with Gasteiger partial charge in [0.2, 0.25) is 0 Å². The standard InChI is InChI=1S/C18H27N3O6/c1-5-21(12-17(23)20-18(24)27-6-2)11-16(22)19-10-13-7-8-14(25-3)15(9-13)26-4/h7-9H,5-6,10-12H2,1-4H3,(H,19,22)(H,20,23,24)/p+1. The van der Waals surface area contributed by atoms with E-state index < -0.39 is 12.0 Å². The topological polar surface area (TPSA) is 107 Å². The zero-order chi connectivity index (χ0) is 20.2. The molecule has 9 nitrogen and oxygen atoms in total. The van der Waals surface area contributed by atoms with Gasteiger partial charge in [-0.1, -0.05) is 6.07 Å². The van der Waals surface area contributed by atoms with Gasteiger partial charge in [0.1, 0.15) is 0 Å². The van der Waals surface area contributed by atoms with E-state index in [1.54, 1.807) is 33.3 Å². The fourth-order valence-corrected chi connectivity index (χ4v) is 2.35. The van der Waals surface area contributed by atoms with Crippen LogP contribution in [0.5, 0.6) is 11.5 Å². The Balaban J connectivity index is 2.49. The minimum atomic E-state index is -0.782. The molecule has 27 heavy (non-hydrogen) atoms. The van der Waals surface area contributed by atoms with Gasteiger partial charge in [-0.25, -0.2) is 4.79 Å². The molecule has 0 aliphatic rings. The van der Waals surface area contributed by atoms with Gasteiger partial charge in [0.15, 0.2) is 24.6 Å². The maximum absolute atomic E-state index is 12.2. The first-order valence-corrected chi connectivity index (χ1v) is 8.71. The van der Waals surface area contributed by atoms with E-state index in [4.69, 9.17) is 9.47 Å². The number of benzene rings is 1. The lowest BCUT2D eigenvalue weighted by atomic mass is 10.2. The van der Waals surface area contributed by atoms with Crippen molar-refractivity contribution in [3.8, 4) is 11.5 Å². The molecule has 0 fully saturated rings. The number of likely N-dealkylation sites (N-methyl/N-ethyl adjacent to an activating group) is 1. The van der Waals surface area contributed by atoms with Crippen LogP contribution in [0.1, 0.15) is 19.4 Å². The van der Waals surface area contributed by atoms with Gasteiger partial charge in [0.25, 0.3) is 11.8 Å². The monoisotopic (exact) mass is 382 g/mol. The van der Waals surface area contributed by atoms with Crippen LogP contribution in [-0.2, 0) is 20.9 Å². The van der Waals surface area contributed by atoms with Crippen molar-refractivity contribution < 1.29 is 33.5 Å². The van der Waals surface area contributed by atoms with Gasteiger partial charge in [-0.15, -0.1) is 0 Å². The Labute approximate surface area is 158 Å². The molecular weight excluding hydrogens is 354 g/mol. The van der Waals surface area contributed by atoms with Gasteiger partial charge < -0.3 is 24.4 Å². The second kappa shape index (κ2) is 11.7. The quantitative estimate of drug-likeness (QED) is 0.504. The average molecular weight is 382 g/mol. The summed E-state index contributed by atoms with van der Waals surface area (Å²) in [5, 5.41) is 4.93. The van der Waals surface area contributed by atoms with Gasteiger partial charge in [0, 0.05) is 6.54 Å². The summed E-state index contributed by atoms with van der Waals surface area (Å²) < 4.78 is 15.1. The van der Waals surface area contributed by atoms with Crippen molar-refractivity contribution in [1.29, 1.82) is 0 Å². The smallest absolute Gasteiger partial charge is 0.414 e. The summed E-state index contributed by atoms with van der Waals surface area (Å²) in [6.45, 7) is 4.68. The molecule has 0 saturated heterocycles. The van der Waals surface area contributed by atoms with Crippen LogP contribution in [-0.4, -0.2) is 58.4 Å². The summed E-state index contributed by atoms with van der Waals surface area (Å²) in [5.41, 5.74) is 0.860. The normalized spacial score (nSPS) is 11.3. The van der Waals surface area contributed by atoms with Crippen LogP contribution in [0.2, 0.25) is 0 Å². The molecule has 1 rings (SSSR count). The zero-order valence-corrected chi connectivity index (χ0v) is 16.2. The van der Waals surface area contributed by atoms with Crippen LogP contribution in [0.15, 0.2) is 18.2 Å². The molecule has 9 heteroatoms. The van der Waals surface area contributed by atoms with E-state index in [-0.39, 0.29) is 25.6 Å². The molecule has 1 unspecified atom stereocenters. The first-order valence-electron chi connectivity index (χ1n) is 8.71. The third-order valence-corrected chi connectivity index (χ3v) is 3.78. The summed E-state index contributed by atoms with van der Waals surface area (Å²) >= 11 is 0. The summed E-state index contributed by atoms with van der Waals surface area (Å²) in [4.78, 5) is 35.9. The van der Waals surface area contributed by atoms with E-state index in [0.717, 1.165) is 10.5 Å². The Bertz CT molecular complexity index is 650. The highest BCUT2D eigenvalue weighted by atomic mass is 16.5. The number of rotatable bonds is 10. The number of hydrogen-bond donors (Lipinski definition) is 3. The van der Waals surface area contributed by atoms with Crippen molar-refractivity contribution in [3.05, 3.63) is 23.8 Å². The van der Waals surface area contributed by atoms with Gasteiger partial charge in [-0.3, -0.25) is 14.9 Å². The highest BCUT2D eigenvalue weighted by Crippen LogP contribution is 2.27. The third kappa shape index (κ3) is 7.95. The van der Waals surface area contributed by atoms with E-state index in [9.17, 15) is 14.4 Å². The van der Waals surface area contributed by atoms with Crippen molar-refractivity contribution in [3.63, 3.8) is 0 Å². The fraction of sp³-hybridized carbons (Fsp3) is 0.500. The number of ether oxygens (including phenoxy) is 3. The maximum atomic E-state index is 12.2. The van der Waals surface area contributed by atoms with Crippen molar-refractivity contribution in [2.75, 3.05) is 40.5 Å². The molecule has 0 heterocycles. The Kier molecular flexibility index (Phi) is 9.66. The third-order valence-electron chi connectivity index (χ3n) is 3.78. The molecule has 0 spiro atoms. The number of alkyl carbamates (subject to hydrolysis) is 1. The molecule has 150 valence electrons. The van der Waals surface area contributed by atoms with Gasteiger partial charge in [-0.05, 0) is 31.5 Å². The molecule has 0 radical (unpaired) electrons. The molecule has 1 atom stereocenters. The lowest BCUT2D eigenvalue weighted by Crippen LogP contribution is -3.14. The van der Waals surface area contributed by atoms with Gasteiger partial charge in [0.05, 0.1) is 27.4 Å². The molecule has 1 aromatic rings. The van der Waals surface area contributed by atoms with Gasteiger partial charge >= 0.3 is 6.09 Å². The highest BCUT2D eigenvalue weighted by Gasteiger charge is 2.18. The molecule has 1 aromatic carbocycles. The van der Waals surface area contributed by atoms with Crippen LogP contribution >= 0.6 is 0 Å². The van der Waals surface area contributed by atoms with Crippen molar-refractivity contribution in [1.82, 2.24) is 10.6 Å². The lowest BCUT2D eigenvalue weighted by molar-refractivity contribution is -0.881. The fourth-order valence-electron chi connectivity index (χ4n) is 2.35. The number of nitrogens with one attached hydrogen (secondary N) is 3. The van der Waals surface area contributed by atoms with Crippen LogP contribution in [0.3, 0.4) is 0 Å². The first-order chi connectivity index (χ1) is 12.9. The minimum absolute atomic E-state index is 0.000900. The predicted octanol–water partition coefficient (Wildman–Crippen LogP) is -0.502. The number of quaternary nitrogens is 1. The summed E-state index contributed by atoms with van der Waals surface area (Å²) in [6, 6.07) is 5.39. The second-order valence-corrected chi connectivity index (χ2v) is 5.69. The Morgan fingerprint density at radius 1 is 1.00 bits per heavy atom. The van der Waals surface area contributed by atoms with Crippen LogP contribution < -0.4 is 25.0 Å². The summed E-state index contributed by atoms with van der Waals surface area (Å²) in [6.07, 6.45) is -0.782. The number of imide groups is 1. The van der Waals surface area contributed by atoms with Crippen LogP contribution in [0, 0.1) is 0 Å². The molecule has 0 aromatic heterocycles. The lowest BCUT2D eigenvalue weighted by Gasteiger charge is -2.16. The SMILES string of the molecule is CCOC(=O)NC(=O)C[NH+](CC)CC(=O)NCc1ccc(OC)c(OC)c1. The number of carbonyl (C=O) groups is 3. The van der Waals surface area contributed by atoms with E-state index >= 15 is 0 Å². The zero-order valence-electron chi connectivity index (χ0n) is 16.2. The largest absolute Gasteiger partial charge is 0.493 e. The maximum Gasteiger partial charge on any atom is 0.414 e. The molecule has 0 bridgehead atoms. The molecule has 3 N–H and O–H groups in total. The number of amides is 3. The molecule has 0 aliphatic carbocycles. The van der Waals surface area contributed by atoms with Crippen molar-refractivity contribution in [2.24, 2.45) is 0 Å². The Morgan fingerprint density at radius 3 is 2.26 bits per heavy atom. The minimum Gasteiger partial charge on any atom is -0.493 e. The average Bonchev–Trinajstić information content (AvgIpc) is 2.65. The van der Waals surface area contributed by atoms with Crippen molar-refractivity contribution in [2.45, 2.75) is 20.4 Å². The molecule has 0 saturated carbocycles. The molecular formula is C18H28N3O6+. The van der Waals surface area contributed by atoms with E-state index in [1.165, 1.54) is 0 Å². The summed E-state index contributed by atoms with van der Waals surface area (Å²) in [7, 11) is 3.10. The summed E-state index contributed by atoms with van der Waals surface area (Å²) in [5.74, 6) is 0.506. The van der Waals surface area contributed by atoms with E-state index in [2.05, 4.69) is 15.4 Å². The number of carbonyl (C=O) groups excluding carboxylic acids is 3. The molecule has 0 aliphatic heterocycles. The Hall–Kier alpha value is -2.81.